The first kappa shape index (κ1) is 21.2. The Bertz CT molecular complexity index is 1100. The first-order valence-corrected chi connectivity index (χ1v) is 11.3. The summed E-state index contributed by atoms with van der Waals surface area (Å²) in [6, 6.07) is 15.3. The third-order valence-electron chi connectivity index (χ3n) is 7.43. The molecule has 2 aromatic rings. The zero-order valence-electron chi connectivity index (χ0n) is 18.1. The summed E-state index contributed by atoms with van der Waals surface area (Å²) in [7, 11) is 2.87. The lowest BCUT2D eigenvalue weighted by Gasteiger charge is -2.44. The Morgan fingerprint density at radius 1 is 1.06 bits per heavy atom. The predicted octanol–water partition coefficient (Wildman–Crippen LogP) is 3.69. The molecule has 0 aromatic heterocycles. The van der Waals surface area contributed by atoms with Gasteiger partial charge in [0.1, 0.15) is 5.54 Å². The Kier molecular flexibility index (Phi) is 5.10. The van der Waals surface area contributed by atoms with Crippen LogP contribution in [-0.2, 0) is 19.1 Å². The van der Waals surface area contributed by atoms with Crippen molar-refractivity contribution in [3.05, 3.63) is 59.1 Å². The van der Waals surface area contributed by atoms with Crippen LogP contribution in [0.15, 0.2) is 48.5 Å². The van der Waals surface area contributed by atoms with Crippen LogP contribution in [0.3, 0.4) is 0 Å². The highest BCUT2D eigenvalue weighted by atomic mass is 35.5. The molecule has 0 saturated carbocycles. The van der Waals surface area contributed by atoms with Gasteiger partial charge in [0, 0.05) is 18.1 Å². The van der Waals surface area contributed by atoms with Gasteiger partial charge >= 0.3 is 5.97 Å². The largest absolute Gasteiger partial charge is 0.468 e. The third-order valence-corrected chi connectivity index (χ3v) is 7.67. The van der Waals surface area contributed by atoms with Crippen molar-refractivity contribution in [1.29, 1.82) is 0 Å². The third kappa shape index (κ3) is 2.86. The van der Waals surface area contributed by atoms with Crippen LogP contribution in [0.25, 0.3) is 11.1 Å². The molecule has 6 nitrogen and oxygen atoms in total. The molecule has 0 radical (unpaired) electrons. The summed E-state index contributed by atoms with van der Waals surface area (Å²) in [6.07, 6.45) is 2.25. The number of esters is 1. The second kappa shape index (κ2) is 7.71. The van der Waals surface area contributed by atoms with Gasteiger partial charge in [0.05, 0.1) is 18.9 Å². The SMILES string of the molecule is COC(=O)[C@@]12CCCCN1[C@H](c1ccc(-c3cccc(Cl)c3)cc1)[C@@H]1C(=O)N(C)C(=O)[C@@H]12. The van der Waals surface area contributed by atoms with Crippen LogP contribution in [0.1, 0.15) is 30.9 Å². The summed E-state index contributed by atoms with van der Waals surface area (Å²) in [5.74, 6) is -2.23. The molecule has 3 heterocycles. The smallest absolute Gasteiger partial charge is 0.327 e. The van der Waals surface area contributed by atoms with Crippen molar-refractivity contribution in [1.82, 2.24) is 9.80 Å². The van der Waals surface area contributed by atoms with E-state index in [0.29, 0.717) is 18.0 Å². The number of hydrogen-bond acceptors (Lipinski definition) is 5. The van der Waals surface area contributed by atoms with Gasteiger partial charge in [-0.3, -0.25) is 24.2 Å². The molecule has 0 bridgehead atoms. The second-order valence-corrected chi connectivity index (χ2v) is 9.32. The summed E-state index contributed by atoms with van der Waals surface area (Å²) >= 11 is 6.14. The van der Waals surface area contributed by atoms with Crippen molar-refractivity contribution in [3.8, 4) is 11.1 Å². The van der Waals surface area contributed by atoms with E-state index in [-0.39, 0.29) is 17.9 Å². The van der Waals surface area contributed by atoms with Crippen molar-refractivity contribution in [2.24, 2.45) is 11.8 Å². The van der Waals surface area contributed by atoms with Gasteiger partial charge < -0.3 is 4.74 Å². The minimum atomic E-state index is -1.09. The number of likely N-dealkylation sites (tertiary alicyclic amines) is 1. The normalized spacial score (nSPS) is 29.7. The number of ether oxygens (including phenoxy) is 1. The number of rotatable bonds is 3. The fourth-order valence-corrected chi connectivity index (χ4v) is 6.23. The topological polar surface area (TPSA) is 66.9 Å². The Labute approximate surface area is 192 Å². The fourth-order valence-electron chi connectivity index (χ4n) is 6.04. The van der Waals surface area contributed by atoms with Crippen LogP contribution >= 0.6 is 11.6 Å². The molecule has 0 unspecified atom stereocenters. The van der Waals surface area contributed by atoms with Crippen LogP contribution in [0, 0.1) is 11.8 Å². The first-order valence-electron chi connectivity index (χ1n) is 10.9. The van der Waals surface area contributed by atoms with Gasteiger partial charge in [-0.15, -0.1) is 0 Å². The summed E-state index contributed by atoms with van der Waals surface area (Å²) < 4.78 is 5.22. The summed E-state index contributed by atoms with van der Waals surface area (Å²) in [6.45, 7) is 0.646. The predicted molar refractivity (Wildman–Crippen MR) is 120 cm³/mol. The average molecular weight is 453 g/mol. The highest BCUT2D eigenvalue weighted by molar-refractivity contribution is 6.30. The van der Waals surface area contributed by atoms with E-state index in [1.165, 1.54) is 19.1 Å². The van der Waals surface area contributed by atoms with E-state index in [4.69, 9.17) is 16.3 Å². The molecule has 5 rings (SSSR count). The Morgan fingerprint density at radius 3 is 2.50 bits per heavy atom. The molecule has 7 heteroatoms. The van der Waals surface area contributed by atoms with Crippen molar-refractivity contribution in [3.63, 3.8) is 0 Å². The maximum atomic E-state index is 13.2. The Hall–Kier alpha value is -2.70. The summed E-state index contributed by atoms with van der Waals surface area (Å²) in [5.41, 5.74) is 1.84. The number of benzene rings is 2. The second-order valence-electron chi connectivity index (χ2n) is 8.88. The summed E-state index contributed by atoms with van der Waals surface area (Å²) in [4.78, 5) is 42.8. The number of hydrogen-bond donors (Lipinski definition) is 0. The molecular weight excluding hydrogens is 428 g/mol. The lowest BCUT2D eigenvalue weighted by molar-refractivity contribution is -0.163. The molecular formula is C25H25ClN2O4. The molecule has 0 N–H and O–H groups in total. The molecule has 2 aromatic carbocycles. The van der Waals surface area contributed by atoms with Crippen LogP contribution < -0.4 is 0 Å². The number of amides is 2. The van der Waals surface area contributed by atoms with Gasteiger partial charge in [0.2, 0.25) is 11.8 Å². The van der Waals surface area contributed by atoms with E-state index < -0.39 is 23.3 Å². The van der Waals surface area contributed by atoms with Gasteiger partial charge in [0.25, 0.3) is 0 Å². The Morgan fingerprint density at radius 2 is 1.81 bits per heavy atom. The molecule has 166 valence electrons. The number of nitrogens with zero attached hydrogens (tertiary/aromatic N) is 2. The van der Waals surface area contributed by atoms with Crippen molar-refractivity contribution in [2.75, 3.05) is 20.7 Å². The molecule has 2 amide bonds. The Balaban J connectivity index is 1.61. The number of carbonyl (C=O) groups excluding carboxylic acids is 3. The van der Waals surface area contributed by atoms with Crippen LogP contribution in [0.5, 0.6) is 0 Å². The summed E-state index contributed by atoms with van der Waals surface area (Å²) in [5, 5.41) is 0.666. The van der Waals surface area contributed by atoms with Gasteiger partial charge in [-0.25, -0.2) is 0 Å². The number of methoxy groups -OCH3 is 1. The van der Waals surface area contributed by atoms with E-state index >= 15 is 0 Å². The monoisotopic (exact) mass is 452 g/mol. The lowest BCUT2D eigenvalue weighted by Crippen LogP contribution is -2.59. The zero-order valence-corrected chi connectivity index (χ0v) is 18.8. The van der Waals surface area contributed by atoms with E-state index in [1.54, 1.807) is 0 Å². The minimum absolute atomic E-state index is 0.221. The maximum absolute atomic E-state index is 13.2. The van der Waals surface area contributed by atoms with E-state index in [2.05, 4.69) is 4.90 Å². The fraction of sp³-hybridized carbons (Fsp3) is 0.400. The van der Waals surface area contributed by atoms with Gasteiger partial charge in [-0.05, 0) is 54.6 Å². The molecule has 3 aliphatic heterocycles. The standard InChI is InChI=1S/C25H25ClN2O4/c1-27-22(29)19-20(23(27)30)25(24(31)32-2)12-3-4-13-28(25)21(19)16-10-8-15(9-11-16)17-6-5-7-18(26)14-17/h5-11,14,19-21H,3-4,12-13H2,1-2H3/t19-,20-,21-,25+/m1/s1. The molecule has 4 atom stereocenters. The number of halogens is 1. The molecule has 3 aliphatic rings. The van der Waals surface area contributed by atoms with Gasteiger partial charge in [0.15, 0.2) is 0 Å². The first-order chi connectivity index (χ1) is 15.4. The average Bonchev–Trinajstić information content (AvgIpc) is 3.25. The molecule has 0 aliphatic carbocycles. The highest BCUT2D eigenvalue weighted by Gasteiger charge is 2.72. The van der Waals surface area contributed by atoms with Crippen molar-refractivity contribution in [2.45, 2.75) is 30.8 Å². The van der Waals surface area contributed by atoms with E-state index in [1.807, 2.05) is 48.5 Å². The molecule has 32 heavy (non-hydrogen) atoms. The van der Waals surface area contributed by atoms with Gasteiger partial charge in [-0.1, -0.05) is 48.0 Å². The van der Waals surface area contributed by atoms with E-state index in [9.17, 15) is 14.4 Å². The molecule has 0 spiro atoms. The highest BCUT2D eigenvalue weighted by Crippen LogP contribution is 2.58. The zero-order chi connectivity index (χ0) is 22.6. The maximum Gasteiger partial charge on any atom is 0.327 e. The van der Waals surface area contributed by atoms with Crippen molar-refractivity contribution < 1.29 is 19.1 Å². The minimum Gasteiger partial charge on any atom is -0.468 e. The molecule has 3 fully saturated rings. The van der Waals surface area contributed by atoms with Gasteiger partial charge in [-0.2, -0.15) is 0 Å². The van der Waals surface area contributed by atoms with Crippen LogP contribution in [0.4, 0.5) is 0 Å². The number of piperidine rings is 1. The number of carbonyl (C=O) groups is 3. The molecule has 3 saturated heterocycles. The number of fused-ring (bicyclic) bond motifs is 3. The quantitative estimate of drug-likeness (QED) is 0.525. The van der Waals surface area contributed by atoms with Crippen molar-refractivity contribution >= 4 is 29.4 Å². The van der Waals surface area contributed by atoms with E-state index in [0.717, 1.165) is 29.5 Å². The van der Waals surface area contributed by atoms with Crippen LogP contribution in [0.2, 0.25) is 5.02 Å². The lowest BCUT2D eigenvalue weighted by atomic mass is 9.75. The van der Waals surface area contributed by atoms with Crippen LogP contribution in [-0.4, -0.2) is 53.8 Å². The number of imide groups is 1.